The molecule has 0 bridgehead atoms. The molecule has 0 atom stereocenters. The zero-order valence-corrected chi connectivity index (χ0v) is 20.0. The summed E-state index contributed by atoms with van der Waals surface area (Å²) in [5, 5.41) is 3.79. The summed E-state index contributed by atoms with van der Waals surface area (Å²) in [6, 6.07) is 11.1. The number of anilines is 1. The average Bonchev–Trinajstić information content (AvgIpc) is 3.03. The largest absolute Gasteiger partial charge is 0.369 e. The monoisotopic (exact) mass is 484 g/mol. The predicted octanol–water partition coefficient (Wildman–Crippen LogP) is 4.88. The molecule has 0 radical (unpaired) electrons. The molecule has 6 nitrogen and oxygen atoms in total. The highest BCUT2D eigenvalue weighted by Crippen LogP contribution is 2.34. The van der Waals surface area contributed by atoms with Gasteiger partial charge >= 0.3 is 0 Å². The lowest BCUT2D eigenvalue weighted by Gasteiger charge is -2.15. The van der Waals surface area contributed by atoms with Gasteiger partial charge in [0.05, 0.1) is 17.0 Å². The number of benzene rings is 1. The molecule has 1 N–H and O–H groups in total. The van der Waals surface area contributed by atoms with Crippen molar-refractivity contribution in [2.75, 3.05) is 11.9 Å². The fraction of sp³-hybridized carbons (Fsp3) is 0.217. The first-order chi connectivity index (χ1) is 15.4. The second kappa shape index (κ2) is 9.44. The number of pyridine rings is 1. The summed E-state index contributed by atoms with van der Waals surface area (Å²) in [5.41, 5.74) is 2.38. The van der Waals surface area contributed by atoms with E-state index in [2.05, 4.69) is 10.3 Å². The van der Waals surface area contributed by atoms with Crippen LogP contribution in [0.5, 0.6) is 0 Å². The summed E-state index contributed by atoms with van der Waals surface area (Å²) in [4.78, 5) is 33.0. The summed E-state index contributed by atoms with van der Waals surface area (Å²) in [7, 11) is 0. The summed E-state index contributed by atoms with van der Waals surface area (Å²) in [5.74, 6) is 0.201. The topological polar surface area (TPSA) is 66.7 Å². The third kappa shape index (κ3) is 4.44. The molecule has 1 aromatic carbocycles. The average molecular weight is 485 g/mol. The fourth-order valence-electron chi connectivity index (χ4n) is 3.33. The fourth-order valence-corrected chi connectivity index (χ4v) is 4.76. The molecule has 0 unspecified atom stereocenters. The van der Waals surface area contributed by atoms with E-state index in [9.17, 15) is 9.59 Å². The van der Waals surface area contributed by atoms with Gasteiger partial charge in [0, 0.05) is 17.8 Å². The molecular weight excluding hydrogens is 464 g/mol. The van der Waals surface area contributed by atoms with E-state index in [1.54, 1.807) is 24.4 Å². The SMILES string of the molecule is CCCNc1nc2ccc(C)cn2c(=O)c1/C=C1/SC(=S)N(Cc2ccccc2Cl)C1=O. The quantitative estimate of drug-likeness (QED) is 0.397. The molecular formula is C23H21ClN4O2S2. The number of aromatic nitrogens is 2. The minimum absolute atomic E-state index is 0.242. The van der Waals surface area contributed by atoms with E-state index in [0.717, 1.165) is 17.5 Å². The molecule has 164 valence electrons. The van der Waals surface area contributed by atoms with Crippen molar-refractivity contribution in [3.05, 3.63) is 79.6 Å². The maximum Gasteiger partial charge on any atom is 0.267 e. The maximum atomic E-state index is 13.3. The molecule has 1 saturated heterocycles. The van der Waals surface area contributed by atoms with Crippen LogP contribution in [0.25, 0.3) is 11.7 Å². The van der Waals surface area contributed by atoms with Crippen LogP contribution in [0.15, 0.2) is 52.3 Å². The highest BCUT2D eigenvalue weighted by atomic mass is 35.5. The Hall–Kier alpha value is -2.68. The Morgan fingerprint density at radius 2 is 2.00 bits per heavy atom. The molecule has 9 heteroatoms. The second-order valence-electron chi connectivity index (χ2n) is 7.40. The molecule has 1 aliphatic rings. The van der Waals surface area contributed by atoms with Gasteiger partial charge < -0.3 is 5.32 Å². The van der Waals surface area contributed by atoms with Gasteiger partial charge in [-0.05, 0) is 42.7 Å². The molecule has 3 aromatic rings. The zero-order chi connectivity index (χ0) is 22.8. The van der Waals surface area contributed by atoms with Crippen LogP contribution in [-0.4, -0.2) is 31.1 Å². The Balaban J connectivity index is 1.75. The Morgan fingerprint density at radius 1 is 1.22 bits per heavy atom. The van der Waals surface area contributed by atoms with Crippen LogP contribution in [0.2, 0.25) is 5.02 Å². The Bertz CT molecular complexity index is 1320. The first-order valence-corrected chi connectivity index (χ1v) is 11.7. The summed E-state index contributed by atoms with van der Waals surface area (Å²) < 4.78 is 1.93. The number of nitrogens with one attached hydrogen (secondary N) is 1. The lowest BCUT2D eigenvalue weighted by atomic mass is 10.2. The number of carbonyl (C=O) groups excluding carboxylic acids is 1. The molecule has 1 aliphatic heterocycles. The van der Waals surface area contributed by atoms with Gasteiger partial charge in [-0.3, -0.25) is 18.9 Å². The lowest BCUT2D eigenvalue weighted by Crippen LogP contribution is -2.27. The van der Waals surface area contributed by atoms with Crippen molar-refractivity contribution >= 4 is 63.3 Å². The minimum Gasteiger partial charge on any atom is -0.369 e. The molecule has 4 rings (SSSR count). The third-order valence-corrected chi connectivity index (χ3v) is 6.73. The second-order valence-corrected chi connectivity index (χ2v) is 9.48. The third-order valence-electron chi connectivity index (χ3n) is 4.98. The molecule has 0 spiro atoms. The van der Waals surface area contributed by atoms with Gasteiger partial charge in [0.1, 0.15) is 15.8 Å². The van der Waals surface area contributed by atoms with Crippen LogP contribution in [0, 0.1) is 6.92 Å². The number of carbonyl (C=O) groups is 1. The normalized spacial score (nSPS) is 15.2. The van der Waals surface area contributed by atoms with Crippen LogP contribution in [0.4, 0.5) is 5.82 Å². The minimum atomic E-state index is -0.255. The van der Waals surface area contributed by atoms with E-state index >= 15 is 0 Å². The summed E-state index contributed by atoms with van der Waals surface area (Å²) in [6.07, 6.45) is 4.20. The summed E-state index contributed by atoms with van der Waals surface area (Å²) >= 11 is 12.9. The Kier molecular flexibility index (Phi) is 6.64. The molecule has 0 saturated carbocycles. The highest BCUT2D eigenvalue weighted by molar-refractivity contribution is 8.26. The van der Waals surface area contributed by atoms with Gasteiger partial charge in [-0.25, -0.2) is 4.98 Å². The zero-order valence-electron chi connectivity index (χ0n) is 17.6. The van der Waals surface area contributed by atoms with Gasteiger partial charge in [-0.2, -0.15) is 0 Å². The Labute approximate surface area is 200 Å². The molecule has 0 aliphatic carbocycles. The number of aryl methyl sites for hydroxylation is 1. The number of thiocarbonyl (C=S) groups is 1. The number of hydrogen-bond acceptors (Lipinski definition) is 6. The molecule has 32 heavy (non-hydrogen) atoms. The first-order valence-electron chi connectivity index (χ1n) is 10.1. The van der Waals surface area contributed by atoms with Crippen LogP contribution in [0.3, 0.4) is 0 Å². The van der Waals surface area contributed by atoms with Crippen molar-refractivity contribution in [3.8, 4) is 0 Å². The van der Waals surface area contributed by atoms with Crippen molar-refractivity contribution in [3.63, 3.8) is 0 Å². The molecule has 3 heterocycles. The van der Waals surface area contributed by atoms with Crippen LogP contribution in [-0.2, 0) is 11.3 Å². The van der Waals surface area contributed by atoms with Crippen LogP contribution in [0.1, 0.15) is 30.0 Å². The van der Waals surface area contributed by atoms with Crippen molar-refractivity contribution < 1.29 is 4.79 Å². The first kappa shape index (κ1) is 22.5. The number of nitrogens with zero attached hydrogens (tertiary/aromatic N) is 3. The highest BCUT2D eigenvalue weighted by Gasteiger charge is 2.33. The molecule has 1 amide bonds. The number of rotatable bonds is 6. The van der Waals surface area contributed by atoms with Gasteiger partial charge in [0.15, 0.2) is 0 Å². The van der Waals surface area contributed by atoms with Crippen molar-refractivity contribution in [1.29, 1.82) is 0 Å². The number of thioether (sulfide) groups is 1. The maximum absolute atomic E-state index is 13.3. The summed E-state index contributed by atoms with van der Waals surface area (Å²) in [6.45, 7) is 4.87. The van der Waals surface area contributed by atoms with E-state index in [-0.39, 0.29) is 18.0 Å². The number of fused-ring (bicyclic) bond motifs is 1. The van der Waals surface area contributed by atoms with Crippen LogP contribution >= 0.6 is 35.6 Å². The van der Waals surface area contributed by atoms with Gasteiger partial charge in [-0.1, -0.05) is 66.8 Å². The number of amides is 1. The van der Waals surface area contributed by atoms with E-state index in [4.69, 9.17) is 23.8 Å². The van der Waals surface area contributed by atoms with Gasteiger partial charge in [0.25, 0.3) is 11.5 Å². The van der Waals surface area contributed by atoms with Gasteiger partial charge in [-0.15, -0.1) is 0 Å². The van der Waals surface area contributed by atoms with E-state index in [0.29, 0.717) is 37.8 Å². The van der Waals surface area contributed by atoms with Gasteiger partial charge in [0.2, 0.25) is 0 Å². The van der Waals surface area contributed by atoms with Crippen LogP contribution < -0.4 is 10.9 Å². The van der Waals surface area contributed by atoms with Crippen molar-refractivity contribution in [2.24, 2.45) is 0 Å². The van der Waals surface area contributed by atoms with E-state index in [1.165, 1.54) is 21.1 Å². The number of halogens is 1. The lowest BCUT2D eigenvalue weighted by molar-refractivity contribution is -0.122. The van der Waals surface area contributed by atoms with Crippen molar-refractivity contribution in [2.45, 2.75) is 26.8 Å². The standard InChI is InChI=1S/C23H21ClN4O2S2/c1-3-10-25-20-16(21(29)27-12-14(2)8-9-19(27)26-20)11-18-22(30)28(23(31)32-18)13-15-6-4-5-7-17(15)24/h4-9,11-12,25H,3,10,13H2,1-2H3/b18-11+. The Morgan fingerprint density at radius 3 is 2.75 bits per heavy atom. The van der Waals surface area contributed by atoms with E-state index < -0.39 is 0 Å². The smallest absolute Gasteiger partial charge is 0.267 e. The number of hydrogen-bond donors (Lipinski definition) is 1. The molecule has 1 fully saturated rings. The van der Waals surface area contributed by atoms with Crippen molar-refractivity contribution in [1.82, 2.24) is 14.3 Å². The van der Waals surface area contributed by atoms with E-state index in [1.807, 2.05) is 38.1 Å². The predicted molar refractivity (Wildman–Crippen MR) is 135 cm³/mol. The molecule has 2 aromatic heterocycles.